The van der Waals surface area contributed by atoms with Crippen LogP contribution in [0.1, 0.15) is 164 Å². The summed E-state index contributed by atoms with van der Waals surface area (Å²) < 4.78 is 27.4. The Morgan fingerprint density at radius 3 is 1.25 bits per heavy atom. The average molecular weight is 1900 g/mol. The molecule has 30 nitrogen and oxygen atoms in total. The number of hydrogen-bond acceptors (Lipinski definition) is 17. The number of halogens is 4. The minimum Gasteiger partial charge on any atom is -0.384 e. The molecular formula is C94H108Br2ClFN18O12. The van der Waals surface area contributed by atoms with Crippen molar-refractivity contribution < 1.29 is 62.1 Å². The molecule has 3 aromatic carbocycles. The number of amides is 9. The fourth-order valence-electron chi connectivity index (χ4n) is 17.8. The van der Waals surface area contributed by atoms with E-state index in [1.807, 2.05) is 118 Å². The number of hydrogen-bond donors (Lipinski definition) is 10. The van der Waals surface area contributed by atoms with Gasteiger partial charge >= 0.3 is 0 Å². The monoisotopic (exact) mass is 1890 g/mol. The maximum atomic E-state index is 14.8. The number of aliphatic hydroxyl groups is 1. The molecule has 5 aromatic heterocycles. The smallest absolute Gasteiger partial charge is 0.257 e. The number of rotatable bonds is 18. The van der Waals surface area contributed by atoms with E-state index in [2.05, 4.69) is 103 Å². The maximum Gasteiger partial charge on any atom is 0.257 e. The molecule has 10 aliphatic heterocycles. The zero-order chi connectivity index (χ0) is 90.6. The van der Waals surface area contributed by atoms with Crippen LogP contribution >= 0.6 is 43.5 Å². The van der Waals surface area contributed by atoms with Crippen LogP contribution in [0, 0.1) is 33.5 Å². The second kappa shape index (κ2) is 39.9. The summed E-state index contributed by atoms with van der Waals surface area (Å²) in [4.78, 5) is 150. The van der Waals surface area contributed by atoms with E-state index in [0.717, 1.165) is 259 Å². The van der Waals surface area contributed by atoms with Crippen LogP contribution in [0.3, 0.4) is 0 Å². The lowest BCUT2D eigenvalue weighted by Gasteiger charge is -2.29. The number of aliphatic hydroxyl groups excluding tert-OH is 1. The summed E-state index contributed by atoms with van der Waals surface area (Å²) >= 11 is 13.0. The van der Waals surface area contributed by atoms with Crippen molar-refractivity contribution in [2.75, 3.05) is 186 Å². The summed E-state index contributed by atoms with van der Waals surface area (Å²) in [5.41, 5.74) is 19.6. The van der Waals surface area contributed by atoms with Crippen molar-refractivity contribution in [1.29, 1.82) is 0 Å². The third kappa shape index (κ3) is 20.2. The minimum absolute atomic E-state index is 0.0232. The summed E-state index contributed by atoms with van der Waals surface area (Å²) in [6.07, 6.45) is 14.3. The van der Waals surface area contributed by atoms with Gasteiger partial charge in [0.2, 0.25) is 0 Å². The number of carbonyl (C=O) groups excluding carboxylic acids is 9. The standard InChI is InChI=1S/C27H32FN5O5.C23H26BrN5O3.C22H25BrN4O2.C22H25ClN4O2/c1-15-21(13-18-17-12-19(28)23(31-25(35)16(2)34)14-22(17)30-26(18)36)29-20-4-3-5-33(27(37)24(15)20)7-6-32-8-10-38-11-9-32;1-14-19(12-17-16-11-15(24)13-25-21(16)27-22(17)30)26-18-3-2-4-29(23(31)20(14)18)6-5-28-7-9-32-10-8-28;2*1-13-19(12-16-15-11-14(23)6-7-17(15)25-21(16)28)24-18-5-4-8-27(10-9-26(2)3)22(29)20(13)18/h12-14,16,29,34H,3-11H2,1-2H3,(H,30,36)(H,31,35);11-13,26H,2-10H2,1H3,(H,25,27,30);2*6-7,11-12,24H,4-5,8-10H2,1-3H3,(H,25,28)/b18-13-;17-12-;2*16-12-/t16-;;;/m0.../s1. The van der Waals surface area contributed by atoms with Crippen molar-refractivity contribution in [3.05, 3.63) is 193 Å². The lowest BCUT2D eigenvalue weighted by atomic mass is 10.0. The topological polar surface area (TPSA) is 354 Å². The van der Waals surface area contributed by atoms with Crippen LogP contribution in [0.25, 0.3) is 46.6 Å². The van der Waals surface area contributed by atoms with Gasteiger partial charge in [0.25, 0.3) is 53.2 Å². The van der Waals surface area contributed by atoms with Crippen LogP contribution in [0.15, 0.2) is 69.7 Å². The normalized spacial score (nSPS) is 18.9. The van der Waals surface area contributed by atoms with E-state index in [1.54, 1.807) is 30.5 Å². The number of nitrogens with zero attached hydrogens (tertiary/aromatic N) is 9. The first-order valence-corrected chi connectivity index (χ1v) is 45.5. The molecular weight excluding hydrogens is 1790 g/mol. The molecule has 10 aliphatic rings. The molecule has 34 heteroatoms. The summed E-state index contributed by atoms with van der Waals surface area (Å²) in [7, 11) is 8.05. The van der Waals surface area contributed by atoms with E-state index in [-0.39, 0.29) is 52.6 Å². The van der Waals surface area contributed by atoms with Gasteiger partial charge < -0.3 is 90.5 Å². The molecule has 0 aliphatic carbocycles. The lowest BCUT2D eigenvalue weighted by Crippen LogP contribution is -2.43. The second-order valence-corrected chi connectivity index (χ2v) is 36.5. The van der Waals surface area contributed by atoms with Crippen molar-refractivity contribution in [2.24, 2.45) is 0 Å². The first-order chi connectivity index (χ1) is 61.4. The Morgan fingerprint density at radius 1 is 0.484 bits per heavy atom. The van der Waals surface area contributed by atoms with E-state index >= 15 is 0 Å². The van der Waals surface area contributed by atoms with E-state index in [1.165, 1.54) is 19.1 Å². The molecule has 18 rings (SSSR count). The fraction of sp³-hybridized carbons (Fsp3) is 0.404. The van der Waals surface area contributed by atoms with Gasteiger partial charge in [-0.1, -0.05) is 27.5 Å². The average Bonchev–Trinajstić information content (AvgIpc) is 1.63. The van der Waals surface area contributed by atoms with Crippen LogP contribution in [-0.4, -0.2) is 288 Å². The first-order valence-electron chi connectivity index (χ1n) is 43.6. The molecule has 674 valence electrons. The number of carbonyl (C=O) groups is 9. The number of aromatic amines is 4. The summed E-state index contributed by atoms with van der Waals surface area (Å²) in [6, 6.07) is 15.5. The molecule has 15 heterocycles. The lowest BCUT2D eigenvalue weighted by molar-refractivity contribution is -0.123. The minimum atomic E-state index is -1.31. The Bertz CT molecular complexity index is 5700. The van der Waals surface area contributed by atoms with Crippen LogP contribution in [-0.2, 0) is 59.1 Å². The van der Waals surface area contributed by atoms with Crippen molar-refractivity contribution >= 4 is 172 Å². The molecule has 2 saturated heterocycles. The molecule has 0 spiro atoms. The van der Waals surface area contributed by atoms with Gasteiger partial charge in [-0.3, -0.25) is 53.0 Å². The van der Waals surface area contributed by atoms with Crippen molar-refractivity contribution in [3.63, 3.8) is 0 Å². The van der Waals surface area contributed by atoms with Gasteiger partial charge in [0.15, 0.2) is 0 Å². The molecule has 2 fully saturated rings. The van der Waals surface area contributed by atoms with Gasteiger partial charge in [-0.2, -0.15) is 0 Å². The summed E-state index contributed by atoms with van der Waals surface area (Å²) in [5, 5.41) is 23.6. The molecule has 0 radical (unpaired) electrons. The number of pyridine rings is 1. The number of aromatic nitrogens is 5. The zero-order valence-electron chi connectivity index (χ0n) is 73.4. The summed E-state index contributed by atoms with van der Waals surface area (Å²) in [6.45, 7) is 24.6. The summed E-state index contributed by atoms with van der Waals surface area (Å²) in [5.74, 6) is -1.62. The molecule has 8 aromatic rings. The number of benzene rings is 3. The molecule has 10 N–H and O–H groups in total. The van der Waals surface area contributed by atoms with Gasteiger partial charge in [-0.25, -0.2) is 9.37 Å². The third-order valence-electron chi connectivity index (χ3n) is 24.9. The van der Waals surface area contributed by atoms with Gasteiger partial charge in [0.1, 0.15) is 17.7 Å². The predicted molar refractivity (Wildman–Crippen MR) is 501 cm³/mol. The largest absolute Gasteiger partial charge is 0.384 e. The van der Waals surface area contributed by atoms with E-state index in [9.17, 15) is 52.6 Å². The maximum absolute atomic E-state index is 14.8. The number of aryl methyl sites for hydroxylation is 4. The molecule has 1 atom stereocenters. The quantitative estimate of drug-likeness (QED) is 0.0357. The Morgan fingerprint density at radius 2 is 0.844 bits per heavy atom. The van der Waals surface area contributed by atoms with Gasteiger partial charge in [-0.15, -0.1) is 0 Å². The van der Waals surface area contributed by atoms with Crippen molar-refractivity contribution in [1.82, 2.24) is 64.1 Å². The number of nitrogens with one attached hydrogen (secondary N) is 9. The van der Waals surface area contributed by atoms with Gasteiger partial charge in [0, 0.05) is 204 Å². The highest BCUT2D eigenvalue weighted by molar-refractivity contribution is 9.10. The highest BCUT2D eigenvalue weighted by Gasteiger charge is 2.37. The van der Waals surface area contributed by atoms with Gasteiger partial charge in [-0.05, 0) is 231 Å². The molecule has 9 amide bonds. The Kier molecular flexibility index (Phi) is 28.6. The third-order valence-corrected chi connectivity index (χ3v) is 26.1. The van der Waals surface area contributed by atoms with E-state index in [4.69, 9.17) is 21.1 Å². The Hall–Kier alpha value is -11.0. The Balaban J connectivity index is 0.000000132. The van der Waals surface area contributed by atoms with E-state index < -0.39 is 23.7 Å². The number of ether oxygens (including phenoxy) is 2. The number of H-pyrrole nitrogens is 4. The highest BCUT2D eigenvalue weighted by Crippen LogP contribution is 2.42. The van der Waals surface area contributed by atoms with E-state index in [0.29, 0.717) is 89.3 Å². The number of likely N-dealkylation sites (N-methyl/N-ethyl adjacent to an activating group) is 2. The van der Waals surface area contributed by atoms with Crippen LogP contribution in [0.4, 0.5) is 33.0 Å². The Labute approximate surface area is 764 Å². The van der Waals surface area contributed by atoms with Gasteiger partial charge in [0.05, 0.1) is 82.3 Å². The van der Waals surface area contributed by atoms with Crippen LogP contribution < -0.4 is 26.6 Å². The molecule has 0 saturated carbocycles. The molecule has 128 heavy (non-hydrogen) atoms. The van der Waals surface area contributed by atoms with Crippen molar-refractivity contribution in [3.8, 4) is 0 Å². The first kappa shape index (κ1) is 91.8. The SMILES string of the molecule is Cc1c(/C=C2\C(=O)Nc3cc(NC(=O)[C@H](C)O)c(F)cc32)[nH]c2c1C(=O)N(CCN1CCOCC1)CCC2.Cc1c(/C=C2\C(=O)Nc3ccc(Br)cc32)[nH]c2c1C(=O)N(CCN(C)C)CCC2.Cc1c(/C=C2\C(=O)Nc3ccc(Cl)cc32)[nH]c2c1C(=O)N(CCN(C)C)CCC2.Cc1c(/C=C2\C(=O)Nc3ncc(Br)cc32)[nH]c2c1C(=O)N(CCN1CCOCC1)CCC2. The molecule has 0 bridgehead atoms. The number of anilines is 5. The second-order valence-electron chi connectivity index (χ2n) is 34.2. The molecule has 0 unspecified atom stereocenters. The fourth-order valence-corrected chi connectivity index (χ4v) is 18.6. The highest BCUT2D eigenvalue weighted by atomic mass is 79.9. The van der Waals surface area contributed by atoms with Crippen LogP contribution in [0.5, 0.6) is 0 Å². The zero-order valence-corrected chi connectivity index (χ0v) is 77.4. The van der Waals surface area contributed by atoms with Crippen LogP contribution in [0.2, 0.25) is 5.02 Å². The predicted octanol–water partition coefficient (Wildman–Crippen LogP) is 11.6. The van der Waals surface area contributed by atoms with Crippen molar-refractivity contribution in [2.45, 2.75) is 92.1 Å². The number of fused-ring (bicyclic) bond motifs is 8. The number of morpholine rings is 2.